The number of anilines is 1. The Labute approximate surface area is 146 Å². The van der Waals surface area contributed by atoms with Crippen LogP contribution in [0, 0.1) is 0 Å². The number of primary sulfonamides is 1. The van der Waals surface area contributed by atoms with Gasteiger partial charge in [0.2, 0.25) is 10.0 Å². The zero-order valence-corrected chi connectivity index (χ0v) is 14.5. The van der Waals surface area contributed by atoms with Crippen molar-refractivity contribution in [2.75, 3.05) is 18.0 Å². The Bertz CT molecular complexity index is 873. The van der Waals surface area contributed by atoms with Gasteiger partial charge in [0.15, 0.2) is 5.78 Å². The lowest BCUT2D eigenvalue weighted by Crippen LogP contribution is -2.17. The van der Waals surface area contributed by atoms with Crippen molar-refractivity contribution in [3.05, 3.63) is 58.6 Å². The van der Waals surface area contributed by atoms with Crippen LogP contribution in [0.3, 0.4) is 0 Å². The Balaban J connectivity index is 1.89. The van der Waals surface area contributed by atoms with Gasteiger partial charge in [-0.15, -0.1) is 0 Å². The number of halogens is 1. The average Bonchev–Trinajstić information content (AvgIpc) is 3.08. The third kappa shape index (κ3) is 3.45. The van der Waals surface area contributed by atoms with Crippen molar-refractivity contribution in [3.63, 3.8) is 0 Å². The first-order chi connectivity index (χ1) is 11.4. The lowest BCUT2D eigenvalue weighted by molar-refractivity contribution is 0.103. The van der Waals surface area contributed by atoms with Crippen molar-refractivity contribution >= 4 is 33.1 Å². The van der Waals surface area contributed by atoms with Gasteiger partial charge in [0.25, 0.3) is 0 Å². The fourth-order valence-electron chi connectivity index (χ4n) is 2.83. The molecule has 0 unspecified atom stereocenters. The van der Waals surface area contributed by atoms with E-state index in [1.807, 2.05) is 12.1 Å². The third-order valence-corrected chi connectivity index (χ3v) is 5.49. The number of benzene rings is 2. The number of nitrogens with zero attached hydrogens (tertiary/aromatic N) is 1. The largest absolute Gasteiger partial charge is 0.372 e. The second-order valence-corrected chi connectivity index (χ2v) is 7.70. The Morgan fingerprint density at radius 3 is 2.17 bits per heavy atom. The average molecular weight is 365 g/mol. The van der Waals surface area contributed by atoms with E-state index in [9.17, 15) is 13.2 Å². The summed E-state index contributed by atoms with van der Waals surface area (Å²) in [5, 5.41) is 5.12. The van der Waals surface area contributed by atoms with Gasteiger partial charge in [-0.25, -0.2) is 13.6 Å². The van der Waals surface area contributed by atoms with Crippen LogP contribution in [-0.2, 0) is 10.0 Å². The lowest BCUT2D eigenvalue weighted by Gasteiger charge is -2.17. The van der Waals surface area contributed by atoms with Crippen LogP contribution in [0.5, 0.6) is 0 Å². The molecule has 0 amide bonds. The highest BCUT2D eigenvalue weighted by Crippen LogP contribution is 2.24. The molecule has 0 bridgehead atoms. The fraction of sp³-hybridized carbons (Fsp3) is 0.235. The second-order valence-electron chi connectivity index (χ2n) is 5.76. The van der Waals surface area contributed by atoms with E-state index in [4.69, 9.17) is 16.7 Å². The number of sulfonamides is 1. The van der Waals surface area contributed by atoms with Gasteiger partial charge < -0.3 is 4.90 Å². The summed E-state index contributed by atoms with van der Waals surface area (Å²) in [7, 11) is -3.98. The molecule has 5 nitrogen and oxygen atoms in total. The number of carbonyl (C=O) groups excluding carboxylic acids is 1. The summed E-state index contributed by atoms with van der Waals surface area (Å²) in [5.74, 6) is -0.274. The van der Waals surface area contributed by atoms with Gasteiger partial charge in [-0.3, -0.25) is 4.79 Å². The van der Waals surface area contributed by atoms with Gasteiger partial charge in [0.05, 0.1) is 5.02 Å². The van der Waals surface area contributed by atoms with Crippen LogP contribution >= 0.6 is 11.6 Å². The summed E-state index contributed by atoms with van der Waals surface area (Å²) in [4.78, 5) is 14.6. The molecule has 0 aliphatic carbocycles. The first kappa shape index (κ1) is 17.0. The normalized spacial score (nSPS) is 14.8. The minimum atomic E-state index is -3.98. The van der Waals surface area contributed by atoms with Gasteiger partial charge in [-0.1, -0.05) is 11.6 Å². The summed E-state index contributed by atoms with van der Waals surface area (Å²) < 4.78 is 23.1. The molecule has 0 atom stereocenters. The second kappa shape index (κ2) is 6.55. The molecule has 0 radical (unpaired) electrons. The van der Waals surface area contributed by atoms with E-state index in [0.717, 1.165) is 18.8 Å². The minimum Gasteiger partial charge on any atom is -0.372 e. The van der Waals surface area contributed by atoms with Crippen LogP contribution in [0.2, 0.25) is 5.02 Å². The molecule has 0 spiro atoms. The molecule has 2 N–H and O–H groups in total. The van der Waals surface area contributed by atoms with E-state index >= 15 is 0 Å². The van der Waals surface area contributed by atoms with Crippen molar-refractivity contribution in [2.24, 2.45) is 5.14 Å². The van der Waals surface area contributed by atoms with Crippen LogP contribution in [0.1, 0.15) is 28.8 Å². The molecule has 24 heavy (non-hydrogen) atoms. The van der Waals surface area contributed by atoms with Gasteiger partial charge in [0, 0.05) is 29.9 Å². The zero-order chi connectivity index (χ0) is 17.3. The van der Waals surface area contributed by atoms with Gasteiger partial charge >= 0.3 is 0 Å². The van der Waals surface area contributed by atoms with Gasteiger partial charge in [0.1, 0.15) is 4.90 Å². The SMILES string of the molecule is NS(=O)(=O)c1cc(C(=O)c2ccc(N3CCCC3)cc2)ccc1Cl. The fourth-order valence-corrected chi connectivity index (χ4v) is 3.90. The van der Waals surface area contributed by atoms with E-state index in [2.05, 4.69) is 4.90 Å². The Morgan fingerprint density at radius 2 is 1.58 bits per heavy atom. The Morgan fingerprint density at radius 1 is 1.00 bits per heavy atom. The standard InChI is InChI=1S/C17H17ClN2O3S/c18-15-8-5-13(11-16(15)24(19,22)23)17(21)12-3-6-14(7-4-12)20-9-1-2-10-20/h3-8,11H,1-2,9-10H2,(H2,19,22,23). The van der Waals surface area contributed by atoms with Crippen molar-refractivity contribution in [2.45, 2.75) is 17.7 Å². The van der Waals surface area contributed by atoms with Crippen LogP contribution in [0.4, 0.5) is 5.69 Å². The third-order valence-electron chi connectivity index (χ3n) is 4.10. The summed E-state index contributed by atoms with van der Waals surface area (Å²) in [6.07, 6.45) is 2.36. The highest BCUT2D eigenvalue weighted by atomic mass is 35.5. The highest BCUT2D eigenvalue weighted by Gasteiger charge is 2.18. The quantitative estimate of drug-likeness (QED) is 0.846. The molecule has 126 valence electrons. The van der Waals surface area contributed by atoms with E-state index < -0.39 is 10.0 Å². The molecule has 7 heteroatoms. The summed E-state index contributed by atoms with van der Waals surface area (Å²) in [6.45, 7) is 2.06. The molecule has 1 aliphatic rings. The van der Waals surface area contributed by atoms with Gasteiger partial charge in [-0.05, 0) is 55.3 Å². The monoisotopic (exact) mass is 364 g/mol. The molecular weight excluding hydrogens is 348 g/mol. The topological polar surface area (TPSA) is 80.5 Å². The lowest BCUT2D eigenvalue weighted by atomic mass is 10.0. The molecule has 1 aliphatic heterocycles. The predicted molar refractivity (Wildman–Crippen MR) is 94.1 cm³/mol. The summed E-state index contributed by atoms with van der Waals surface area (Å²) in [6, 6.07) is 11.4. The Hall–Kier alpha value is -1.89. The summed E-state index contributed by atoms with van der Waals surface area (Å²) in [5.41, 5.74) is 1.81. The smallest absolute Gasteiger partial charge is 0.239 e. The molecule has 3 rings (SSSR count). The van der Waals surface area contributed by atoms with Crippen molar-refractivity contribution < 1.29 is 13.2 Å². The van der Waals surface area contributed by atoms with Crippen LogP contribution in [-0.4, -0.2) is 27.3 Å². The van der Waals surface area contributed by atoms with E-state index in [1.54, 1.807) is 12.1 Å². The van der Waals surface area contributed by atoms with E-state index in [1.165, 1.54) is 31.0 Å². The predicted octanol–water partition coefficient (Wildman–Crippen LogP) is 2.82. The molecular formula is C17H17ClN2O3S. The number of carbonyl (C=O) groups is 1. The number of ketones is 1. The molecule has 2 aromatic rings. The summed E-state index contributed by atoms with van der Waals surface area (Å²) >= 11 is 5.85. The molecule has 2 aromatic carbocycles. The molecule has 1 heterocycles. The zero-order valence-electron chi connectivity index (χ0n) is 12.9. The van der Waals surface area contributed by atoms with Gasteiger partial charge in [-0.2, -0.15) is 0 Å². The minimum absolute atomic E-state index is 0.00145. The van der Waals surface area contributed by atoms with Crippen LogP contribution in [0.15, 0.2) is 47.4 Å². The Kier molecular flexibility index (Phi) is 4.62. The number of rotatable bonds is 4. The first-order valence-electron chi connectivity index (χ1n) is 7.58. The molecule has 0 aromatic heterocycles. The van der Waals surface area contributed by atoms with Crippen LogP contribution in [0.25, 0.3) is 0 Å². The van der Waals surface area contributed by atoms with E-state index in [-0.39, 0.29) is 21.3 Å². The highest BCUT2D eigenvalue weighted by molar-refractivity contribution is 7.89. The number of hydrogen-bond acceptors (Lipinski definition) is 4. The maximum absolute atomic E-state index is 12.6. The molecule has 1 fully saturated rings. The number of hydrogen-bond donors (Lipinski definition) is 1. The number of nitrogens with two attached hydrogens (primary N) is 1. The van der Waals surface area contributed by atoms with Crippen molar-refractivity contribution in [1.82, 2.24) is 0 Å². The molecule has 1 saturated heterocycles. The maximum atomic E-state index is 12.6. The maximum Gasteiger partial charge on any atom is 0.239 e. The van der Waals surface area contributed by atoms with E-state index in [0.29, 0.717) is 5.56 Å². The molecule has 0 saturated carbocycles. The van der Waals surface area contributed by atoms with Crippen molar-refractivity contribution in [3.8, 4) is 0 Å². The van der Waals surface area contributed by atoms with Crippen LogP contribution < -0.4 is 10.0 Å². The van der Waals surface area contributed by atoms with Crippen molar-refractivity contribution in [1.29, 1.82) is 0 Å². The first-order valence-corrected chi connectivity index (χ1v) is 9.51.